The molecule has 4 heterocycles. The number of pyridine rings is 1. The molecule has 0 aliphatic carbocycles. The molecule has 0 saturated carbocycles. The van der Waals surface area contributed by atoms with Crippen molar-refractivity contribution in [2.75, 3.05) is 5.32 Å². The molecule has 1 amide bonds. The van der Waals surface area contributed by atoms with Gasteiger partial charge in [-0.3, -0.25) is 9.89 Å². The number of benzene rings is 1. The molecule has 0 unspecified atom stereocenters. The van der Waals surface area contributed by atoms with Crippen LogP contribution >= 0.6 is 11.3 Å². The first-order valence-electron chi connectivity index (χ1n) is 9.64. The Bertz CT molecular complexity index is 1420. The van der Waals surface area contributed by atoms with Crippen LogP contribution in [0.4, 0.5) is 14.5 Å². The fraction of sp³-hybridized carbons (Fsp3) is 0.0909. The molecule has 0 radical (unpaired) electrons. The number of rotatable bonds is 5. The maximum absolute atomic E-state index is 13.1. The predicted octanol–water partition coefficient (Wildman–Crippen LogP) is 5.35. The zero-order chi connectivity index (χ0) is 22.2. The van der Waals surface area contributed by atoms with Crippen LogP contribution in [0, 0.1) is 6.92 Å². The van der Waals surface area contributed by atoms with Crippen LogP contribution in [0.5, 0.6) is 0 Å². The number of aromatic nitrogens is 5. The SMILES string of the molecule is Cc1sc(-c2cn[nH]c2C(=O)Nc2ccn3cc(-c4ccccc4)nc3c2)nc1C(F)F. The van der Waals surface area contributed by atoms with E-state index >= 15 is 0 Å². The lowest BCUT2D eigenvalue weighted by atomic mass is 10.2. The third-order valence-electron chi connectivity index (χ3n) is 4.92. The van der Waals surface area contributed by atoms with E-state index in [1.54, 1.807) is 25.3 Å². The van der Waals surface area contributed by atoms with Gasteiger partial charge in [-0.25, -0.2) is 18.7 Å². The summed E-state index contributed by atoms with van der Waals surface area (Å²) in [4.78, 5) is 21.9. The maximum Gasteiger partial charge on any atom is 0.281 e. The van der Waals surface area contributed by atoms with E-state index in [1.807, 2.05) is 40.9 Å². The first-order chi connectivity index (χ1) is 15.5. The van der Waals surface area contributed by atoms with Crippen LogP contribution in [-0.4, -0.2) is 30.5 Å². The number of aryl methyl sites for hydroxylation is 1. The summed E-state index contributed by atoms with van der Waals surface area (Å²) in [6, 6.07) is 13.3. The molecular weight excluding hydrogens is 434 g/mol. The average Bonchev–Trinajstić information content (AvgIpc) is 3.51. The standard InChI is InChI=1S/C22H16F2N6OS/c1-12-18(20(23)24)28-22(32-12)15-10-25-29-19(15)21(31)26-14-7-8-30-11-16(27-17(30)9-14)13-5-3-2-4-6-13/h2-11,20H,1H3,(H,25,29)(H,26,31). The smallest absolute Gasteiger partial charge is 0.281 e. The van der Waals surface area contributed by atoms with E-state index in [-0.39, 0.29) is 11.4 Å². The minimum atomic E-state index is -2.67. The number of nitrogens with zero attached hydrogens (tertiary/aromatic N) is 4. The van der Waals surface area contributed by atoms with Crippen LogP contribution in [0.3, 0.4) is 0 Å². The number of aromatic amines is 1. The molecule has 5 aromatic rings. The van der Waals surface area contributed by atoms with Gasteiger partial charge in [0.05, 0.1) is 17.5 Å². The van der Waals surface area contributed by atoms with E-state index in [9.17, 15) is 13.6 Å². The Hall–Kier alpha value is -3.92. The molecule has 0 aliphatic rings. The lowest BCUT2D eigenvalue weighted by Crippen LogP contribution is -2.13. The van der Waals surface area contributed by atoms with Crippen LogP contribution in [0.2, 0.25) is 0 Å². The van der Waals surface area contributed by atoms with Crippen molar-refractivity contribution in [1.29, 1.82) is 0 Å². The summed E-state index contributed by atoms with van der Waals surface area (Å²) in [6.45, 7) is 1.58. The highest BCUT2D eigenvalue weighted by molar-refractivity contribution is 7.15. The lowest BCUT2D eigenvalue weighted by Gasteiger charge is -2.05. The number of carbonyl (C=O) groups is 1. The van der Waals surface area contributed by atoms with E-state index in [4.69, 9.17) is 0 Å². The molecule has 0 fully saturated rings. The fourth-order valence-corrected chi connectivity index (χ4v) is 4.29. The Morgan fingerprint density at radius 2 is 2.00 bits per heavy atom. The number of nitrogens with one attached hydrogen (secondary N) is 2. The Labute approximate surface area is 184 Å². The molecule has 1 aromatic carbocycles. The number of fused-ring (bicyclic) bond motifs is 1. The van der Waals surface area contributed by atoms with Crippen LogP contribution < -0.4 is 5.32 Å². The van der Waals surface area contributed by atoms with Gasteiger partial charge in [0, 0.05) is 34.6 Å². The van der Waals surface area contributed by atoms with E-state index < -0.39 is 12.3 Å². The molecule has 0 aliphatic heterocycles. The van der Waals surface area contributed by atoms with Gasteiger partial charge in [0.2, 0.25) is 0 Å². The number of H-pyrrole nitrogens is 1. The number of hydrogen-bond acceptors (Lipinski definition) is 5. The van der Waals surface area contributed by atoms with Gasteiger partial charge in [0.15, 0.2) is 0 Å². The maximum atomic E-state index is 13.1. The number of anilines is 1. The minimum absolute atomic E-state index is 0.146. The number of halogens is 2. The summed E-state index contributed by atoms with van der Waals surface area (Å²) in [5.41, 5.74) is 3.25. The number of imidazole rings is 1. The summed E-state index contributed by atoms with van der Waals surface area (Å²) in [5, 5.41) is 9.67. The molecular formula is C22H16F2N6OS. The summed E-state index contributed by atoms with van der Waals surface area (Å²) >= 11 is 1.10. The second-order valence-corrected chi connectivity index (χ2v) is 8.25. The van der Waals surface area contributed by atoms with Crippen molar-refractivity contribution in [2.24, 2.45) is 0 Å². The molecule has 160 valence electrons. The largest absolute Gasteiger partial charge is 0.320 e. The number of hydrogen-bond donors (Lipinski definition) is 2. The van der Waals surface area contributed by atoms with Crippen molar-refractivity contribution in [1.82, 2.24) is 24.6 Å². The van der Waals surface area contributed by atoms with Crippen LogP contribution in [0.1, 0.15) is 27.5 Å². The monoisotopic (exact) mass is 450 g/mol. The Morgan fingerprint density at radius 1 is 1.19 bits per heavy atom. The highest BCUT2D eigenvalue weighted by Crippen LogP contribution is 2.33. The van der Waals surface area contributed by atoms with Crippen molar-refractivity contribution in [3.63, 3.8) is 0 Å². The molecule has 0 saturated heterocycles. The number of amides is 1. The van der Waals surface area contributed by atoms with Gasteiger partial charge in [-0.15, -0.1) is 11.3 Å². The van der Waals surface area contributed by atoms with Crippen molar-refractivity contribution in [3.05, 3.63) is 77.3 Å². The molecule has 32 heavy (non-hydrogen) atoms. The predicted molar refractivity (Wildman–Crippen MR) is 118 cm³/mol. The molecule has 4 aromatic heterocycles. The van der Waals surface area contributed by atoms with Crippen LogP contribution in [0.25, 0.3) is 27.5 Å². The van der Waals surface area contributed by atoms with Gasteiger partial charge in [-0.1, -0.05) is 30.3 Å². The summed E-state index contributed by atoms with van der Waals surface area (Å²) < 4.78 is 28.1. The lowest BCUT2D eigenvalue weighted by molar-refractivity contribution is 0.102. The zero-order valence-electron chi connectivity index (χ0n) is 16.7. The van der Waals surface area contributed by atoms with Gasteiger partial charge in [0.25, 0.3) is 12.3 Å². The second kappa shape index (κ2) is 7.97. The van der Waals surface area contributed by atoms with Gasteiger partial charge in [-0.2, -0.15) is 5.10 Å². The highest BCUT2D eigenvalue weighted by Gasteiger charge is 2.22. The second-order valence-electron chi connectivity index (χ2n) is 7.05. The summed E-state index contributed by atoms with van der Waals surface area (Å²) in [7, 11) is 0. The molecule has 0 bridgehead atoms. The van der Waals surface area contributed by atoms with E-state index in [1.165, 1.54) is 6.20 Å². The Balaban J connectivity index is 1.41. The number of alkyl halides is 2. The fourth-order valence-electron chi connectivity index (χ4n) is 3.35. The molecule has 2 N–H and O–H groups in total. The minimum Gasteiger partial charge on any atom is -0.320 e. The molecule has 5 rings (SSSR count). The molecule has 7 nitrogen and oxygen atoms in total. The van der Waals surface area contributed by atoms with Gasteiger partial charge >= 0.3 is 0 Å². The van der Waals surface area contributed by atoms with Crippen molar-refractivity contribution >= 4 is 28.6 Å². The Morgan fingerprint density at radius 3 is 2.75 bits per heavy atom. The zero-order valence-corrected chi connectivity index (χ0v) is 17.5. The average molecular weight is 450 g/mol. The number of carbonyl (C=O) groups excluding carboxylic acids is 1. The first kappa shape index (κ1) is 20.0. The van der Waals surface area contributed by atoms with Crippen molar-refractivity contribution < 1.29 is 13.6 Å². The molecule has 0 atom stereocenters. The molecule has 10 heteroatoms. The van der Waals surface area contributed by atoms with E-state index in [0.717, 1.165) is 22.6 Å². The van der Waals surface area contributed by atoms with E-state index in [2.05, 4.69) is 25.5 Å². The van der Waals surface area contributed by atoms with Gasteiger partial charge in [-0.05, 0) is 13.0 Å². The van der Waals surface area contributed by atoms with Crippen LogP contribution in [0.15, 0.2) is 61.1 Å². The van der Waals surface area contributed by atoms with Gasteiger partial charge < -0.3 is 9.72 Å². The van der Waals surface area contributed by atoms with Crippen molar-refractivity contribution in [3.8, 4) is 21.8 Å². The first-order valence-corrected chi connectivity index (χ1v) is 10.5. The topological polar surface area (TPSA) is 88.0 Å². The quantitative estimate of drug-likeness (QED) is 0.378. The van der Waals surface area contributed by atoms with E-state index in [0.29, 0.717) is 26.8 Å². The molecule has 0 spiro atoms. The highest BCUT2D eigenvalue weighted by atomic mass is 32.1. The third-order valence-corrected chi connectivity index (χ3v) is 5.94. The third kappa shape index (κ3) is 3.65. The normalized spacial score (nSPS) is 11.4. The Kier molecular flexibility index (Phi) is 4.98. The summed E-state index contributed by atoms with van der Waals surface area (Å²) in [6.07, 6.45) is 2.45. The van der Waals surface area contributed by atoms with Crippen molar-refractivity contribution in [2.45, 2.75) is 13.3 Å². The number of thiazole rings is 1. The summed E-state index contributed by atoms with van der Waals surface area (Å²) in [5.74, 6) is -0.455. The van der Waals surface area contributed by atoms with Crippen LogP contribution in [-0.2, 0) is 0 Å². The van der Waals surface area contributed by atoms with Gasteiger partial charge in [0.1, 0.15) is 22.0 Å².